The van der Waals surface area contributed by atoms with E-state index in [1.165, 1.54) is 0 Å². The lowest BCUT2D eigenvalue weighted by molar-refractivity contribution is 0.209. The van der Waals surface area contributed by atoms with Crippen LogP contribution in [0.5, 0.6) is 0 Å². The highest BCUT2D eigenvalue weighted by Gasteiger charge is 2.29. The molecule has 3 atom stereocenters. The molecule has 0 aliphatic carbocycles. The van der Waals surface area contributed by atoms with Crippen molar-refractivity contribution in [3.05, 3.63) is 35.9 Å². The molecular formula is C15H23N3OS. The second kappa shape index (κ2) is 6.99. The zero-order valence-electron chi connectivity index (χ0n) is 12.1. The van der Waals surface area contributed by atoms with E-state index >= 15 is 0 Å². The maximum atomic E-state index is 9.05. The molecule has 1 aromatic rings. The first kappa shape index (κ1) is 15.2. The molecule has 0 spiro atoms. The van der Waals surface area contributed by atoms with Crippen molar-refractivity contribution in [2.45, 2.75) is 31.1 Å². The Hall–Kier alpha value is -1.20. The van der Waals surface area contributed by atoms with Gasteiger partial charge in [0.05, 0.1) is 5.92 Å². The smallest absolute Gasteiger partial charge is 0.147 e. The zero-order valence-corrected chi connectivity index (χ0v) is 12.9. The first-order chi connectivity index (χ1) is 9.63. The minimum atomic E-state index is -0.0565. The third-order valence-electron chi connectivity index (χ3n) is 4.11. The molecule has 5 heteroatoms. The lowest BCUT2D eigenvalue weighted by Crippen LogP contribution is -2.47. The molecule has 0 bridgehead atoms. The standard InChI is InChI=1S/C15H23N3OS/c1-11-12(2)20-9-8-18(11)10-14(15(16)17-19)13-6-4-3-5-7-13/h3-7,11-12,14,19H,8-10H2,1-2H3,(H2,16,17). The lowest BCUT2D eigenvalue weighted by Gasteiger charge is -2.39. The molecule has 1 aromatic carbocycles. The van der Waals surface area contributed by atoms with E-state index in [1.807, 2.05) is 42.1 Å². The molecule has 1 fully saturated rings. The minimum absolute atomic E-state index is 0.0565. The number of hydrogen-bond acceptors (Lipinski definition) is 4. The van der Waals surface area contributed by atoms with E-state index in [9.17, 15) is 0 Å². The predicted octanol–water partition coefficient (Wildman–Crippen LogP) is 2.34. The molecule has 1 aliphatic rings. The monoisotopic (exact) mass is 293 g/mol. The maximum absolute atomic E-state index is 9.05. The molecule has 3 N–H and O–H groups in total. The van der Waals surface area contributed by atoms with Gasteiger partial charge in [-0.1, -0.05) is 42.4 Å². The number of oxime groups is 1. The van der Waals surface area contributed by atoms with Crippen molar-refractivity contribution in [1.82, 2.24) is 4.90 Å². The van der Waals surface area contributed by atoms with Crippen molar-refractivity contribution in [1.29, 1.82) is 0 Å². The molecule has 0 aromatic heterocycles. The molecule has 0 amide bonds. The SMILES string of the molecule is CC1SCCN(CC(/C(N)=N/O)c2ccccc2)C1C. The lowest BCUT2D eigenvalue weighted by atomic mass is 9.96. The van der Waals surface area contributed by atoms with E-state index in [0.717, 1.165) is 24.4 Å². The van der Waals surface area contributed by atoms with Gasteiger partial charge in [-0.05, 0) is 12.5 Å². The first-order valence-electron chi connectivity index (χ1n) is 7.01. The minimum Gasteiger partial charge on any atom is -0.409 e. The first-order valence-corrected chi connectivity index (χ1v) is 8.06. The second-order valence-electron chi connectivity index (χ2n) is 5.30. The van der Waals surface area contributed by atoms with Crippen molar-refractivity contribution in [2.75, 3.05) is 18.8 Å². The molecule has 0 saturated carbocycles. The van der Waals surface area contributed by atoms with Gasteiger partial charge in [-0.3, -0.25) is 4.90 Å². The van der Waals surface area contributed by atoms with Gasteiger partial charge >= 0.3 is 0 Å². The van der Waals surface area contributed by atoms with Crippen molar-refractivity contribution in [2.24, 2.45) is 10.9 Å². The Morgan fingerprint density at radius 3 is 2.80 bits per heavy atom. The molecule has 20 heavy (non-hydrogen) atoms. The number of thioether (sulfide) groups is 1. The largest absolute Gasteiger partial charge is 0.409 e. The van der Waals surface area contributed by atoms with Crippen LogP contribution in [0.15, 0.2) is 35.5 Å². The Morgan fingerprint density at radius 2 is 2.15 bits per heavy atom. The average Bonchev–Trinajstić information content (AvgIpc) is 2.49. The van der Waals surface area contributed by atoms with E-state index in [-0.39, 0.29) is 11.8 Å². The van der Waals surface area contributed by atoms with Crippen LogP contribution in [0.4, 0.5) is 0 Å². The van der Waals surface area contributed by atoms with E-state index < -0.39 is 0 Å². The maximum Gasteiger partial charge on any atom is 0.147 e. The highest BCUT2D eigenvalue weighted by molar-refractivity contribution is 8.00. The number of nitrogens with zero attached hydrogens (tertiary/aromatic N) is 2. The summed E-state index contributed by atoms with van der Waals surface area (Å²) in [5.41, 5.74) is 7.01. The van der Waals surface area contributed by atoms with E-state index in [4.69, 9.17) is 10.9 Å². The number of hydrogen-bond donors (Lipinski definition) is 2. The molecule has 4 nitrogen and oxygen atoms in total. The fourth-order valence-electron chi connectivity index (χ4n) is 2.61. The van der Waals surface area contributed by atoms with Gasteiger partial charge in [0.2, 0.25) is 0 Å². The summed E-state index contributed by atoms with van der Waals surface area (Å²) in [6, 6.07) is 10.5. The molecule has 1 heterocycles. The highest BCUT2D eigenvalue weighted by Crippen LogP contribution is 2.27. The van der Waals surface area contributed by atoms with Gasteiger partial charge in [-0.2, -0.15) is 11.8 Å². The summed E-state index contributed by atoms with van der Waals surface area (Å²) in [4.78, 5) is 2.44. The Kier molecular flexibility index (Phi) is 5.31. The van der Waals surface area contributed by atoms with E-state index in [0.29, 0.717) is 11.3 Å². The van der Waals surface area contributed by atoms with Crippen molar-refractivity contribution >= 4 is 17.6 Å². The van der Waals surface area contributed by atoms with Crippen LogP contribution in [0.1, 0.15) is 25.3 Å². The van der Waals surface area contributed by atoms with Crippen LogP contribution >= 0.6 is 11.8 Å². The number of rotatable bonds is 4. The summed E-state index contributed by atoms with van der Waals surface area (Å²) in [6.45, 7) is 6.37. The van der Waals surface area contributed by atoms with Crippen LogP contribution in [0.25, 0.3) is 0 Å². The van der Waals surface area contributed by atoms with Crippen molar-refractivity contribution in [3.63, 3.8) is 0 Å². The molecule has 1 saturated heterocycles. The van der Waals surface area contributed by atoms with Gasteiger partial charge < -0.3 is 10.9 Å². The average molecular weight is 293 g/mol. The fourth-order valence-corrected chi connectivity index (χ4v) is 3.77. The second-order valence-corrected chi connectivity index (χ2v) is 6.78. The van der Waals surface area contributed by atoms with Crippen LogP contribution in [-0.2, 0) is 0 Å². The predicted molar refractivity (Wildman–Crippen MR) is 85.5 cm³/mol. The quantitative estimate of drug-likeness (QED) is 0.387. The highest BCUT2D eigenvalue weighted by atomic mass is 32.2. The van der Waals surface area contributed by atoms with Crippen molar-refractivity contribution in [3.8, 4) is 0 Å². The third kappa shape index (κ3) is 3.46. The Labute approximate surface area is 125 Å². The van der Waals surface area contributed by atoms with Crippen LogP contribution in [0, 0.1) is 0 Å². The summed E-state index contributed by atoms with van der Waals surface area (Å²) in [7, 11) is 0. The topological polar surface area (TPSA) is 61.8 Å². The van der Waals surface area contributed by atoms with Gasteiger partial charge in [0.25, 0.3) is 0 Å². The molecule has 2 rings (SSSR count). The van der Waals surface area contributed by atoms with Crippen LogP contribution < -0.4 is 5.73 Å². The Bertz CT molecular complexity index is 452. The van der Waals surface area contributed by atoms with Crippen LogP contribution in [0.2, 0.25) is 0 Å². The van der Waals surface area contributed by atoms with Gasteiger partial charge in [-0.15, -0.1) is 0 Å². The normalized spacial score (nSPS) is 26.4. The van der Waals surface area contributed by atoms with Gasteiger partial charge in [-0.25, -0.2) is 0 Å². The van der Waals surface area contributed by atoms with Crippen LogP contribution in [-0.4, -0.2) is 46.1 Å². The number of amidine groups is 1. The number of benzene rings is 1. The summed E-state index contributed by atoms with van der Waals surface area (Å²) < 4.78 is 0. The number of nitrogens with two attached hydrogens (primary N) is 1. The van der Waals surface area contributed by atoms with Gasteiger partial charge in [0.1, 0.15) is 5.84 Å². The third-order valence-corrected chi connectivity index (χ3v) is 5.44. The van der Waals surface area contributed by atoms with Crippen LogP contribution in [0.3, 0.4) is 0 Å². The Morgan fingerprint density at radius 1 is 1.45 bits per heavy atom. The van der Waals surface area contributed by atoms with Gasteiger partial charge in [0.15, 0.2) is 0 Å². The molecular weight excluding hydrogens is 270 g/mol. The molecule has 0 radical (unpaired) electrons. The fraction of sp³-hybridized carbons (Fsp3) is 0.533. The van der Waals surface area contributed by atoms with Crippen molar-refractivity contribution < 1.29 is 5.21 Å². The summed E-state index contributed by atoms with van der Waals surface area (Å²) >= 11 is 2.01. The van der Waals surface area contributed by atoms with E-state index in [1.54, 1.807) is 0 Å². The zero-order chi connectivity index (χ0) is 14.5. The molecule has 3 unspecified atom stereocenters. The summed E-state index contributed by atoms with van der Waals surface area (Å²) in [5, 5.41) is 12.9. The molecule has 1 aliphatic heterocycles. The summed E-state index contributed by atoms with van der Waals surface area (Å²) in [6.07, 6.45) is 0. The molecule has 110 valence electrons. The van der Waals surface area contributed by atoms with Gasteiger partial charge in [0, 0.05) is 30.1 Å². The Balaban J connectivity index is 2.16. The summed E-state index contributed by atoms with van der Waals surface area (Å²) in [5.74, 6) is 1.37. The van der Waals surface area contributed by atoms with E-state index in [2.05, 4.69) is 23.9 Å².